The number of carbonyl (C=O) groups is 2. The molecule has 0 unspecified atom stereocenters. The zero-order valence-corrected chi connectivity index (χ0v) is 17.7. The first kappa shape index (κ1) is 19.6. The van der Waals surface area contributed by atoms with Crippen molar-refractivity contribution >= 4 is 34.4 Å². The van der Waals surface area contributed by atoms with Crippen molar-refractivity contribution in [3.05, 3.63) is 52.6 Å². The van der Waals surface area contributed by atoms with Crippen LogP contribution in [0.4, 0.5) is 0 Å². The Morgan fingerprint density at radius 3 is 2.62 bits per heavy atom. The Morgan fingerprint density at radius 2 is 1.93 bits per heavy atom. The van der Waals surface area contributed by atoms with Crippen LogP contribution in [-0.4, -0.2) is 39.1 Å². The Bertz CT molecular complexity index is 1120. The smallest absolute Gasteiger partial charge is 0.339 e. The fourth-order valence-corrected chi connectivity index (χ4v) is 4.51. The van der Waals surface area contributed by atoms with Gasteiger partial charge < -0.3 is 9.72 Å². The number of ether oxygens (including phenoxy) is 1. The normalized spacial score (nSPS) is 14.8. The van der Waals surface area contributed by atoms with Gasteiger partial charge in [-0.25, -0.2) is 14.8 Å². The van der Waals surface area contributed by atoms with Gasteiger partial charge in [-0.1, -0.05) is 30.0 Å². The highest BCUT2D eigenvalue weighted by Gasteiger charge is 2.29. The number of hydrogen-bond acceptors (Lipinski definition) is 6. The number of para-hydroxylation sites is 1. The predicted octanol–water partition coefficient (Wildman–Crippen LogP) is 4.60. The molecule has 7 heteroatoms. The number of benzene rings is 1. The highest BCUT2D eigenvalue weighted by atomic mass is 32.2. The predicted molar refractivity (Wildman–Crippen MR) is 113 cm³/mol. The molecular weight excluding hydrogens is 386 g/mol. The molecule has 0 spiro atoms. The standard InChI is InChI=1S/C22H23N3O3S/c1-11-17(22(27)28-4)12(2)23-18(11)19(26)13(3)29-21-15-7-5-6-8-16(15)24-20(25-21)14-9-10-14/h5-8,13-14,23H,9-10H2,1-4H3/t13-/m0/s1. The van der Waals surface area contributed by atoms with Crippen LogP contribution in [0, 0.1) is 13.8 Å². The summed E-state index contributed by atoms with van der Waals surface area (Å²) in [7, 11) is 1.34. The fraction of sp³-hybridized carbons (Fsp3) is 0.364. The first-order valence-corrected chi connectivity index (χ1v) is 10.5. The third kappa shape index (κ3) is 3.67. The minimum absolute atomic E-state index is 0.0681. The molecule has 0 aliphatic heterocycles. The molecule has 29 heavy (non-hydrogen) atoms. The van der Waals surface area contributed by atoms with E-state index in [9.17, 15) is 9.59 Å². The number of aromatic nitrogens is 3. The van der Waals surface area contributed by atoms with Gasteiger partial charge in [0, 0.05) is 17.0 Å². The maximum Gasteiger partial charge on any atom is 0.339 e. The summed E-state index contributed by atoms with van der Waals surface area (Å²) in [6.07, 6.45) is 2.24. The summed E-state index contributed by atoms with van der Waals surface area (Å²) in [5.41, 5.74) is 3.04. The van der Waals surface area contributed by atoms with E-state index in [1.807, 2.05) is 31.2 Å². The summed E-state index contributed by atoms with van der Waals surface area (Å²) in [5.74, 6) is 0.791. The fourth-order valence-electron chi connectivity index (χ4n) is 3.51. The number of rotatable bonds is 6. The Hall–Kier alpha value is -2.67. The lowest BCUT2D eigenvalue weighted by molar-refractivity contribution is 0.0599. The number of nitrogens with zero attached hydrogens (tertiary/aromatic N) is 2. The van der Waals surface area contributed by atoms with Crippen molar-refractivity contribution in [2.75, 3.05) is 7.11 Å². The van der Waals surface area contributed by atoms with Gasteiger partial charge in [-0.15, -0.1) is 0 Å². The van der Waals surface area contributed by atoms with Gasteiger partial charge in [0.25, 0.3) is 0 Å². The zero-order chi connectivity index (χ0) is 20.7. The number of nitrogens with one attached hydrogen (secondary N) is 1. The van der Waals surface area contributed by atoms with Crippen LogP contribution in [0.3, 0.4) is 0 Å². The number of aromatic amines is 1. The Labute approximate surface area is 173 Å². The van der Waals surface area contributed by atoms with Gasteiger partial charge in [0.1, 0.15) is 10.9 Å². The van der Waals surface area contributed by atoms with Crippen molar-refractivity contribution in [2.24, 2.45) is 0 Å². The van der Waals surface area contributed by atoms with Crippen molar-refractivity contribution in [2.45, 2.75) is 49.8 Å². The van der Waals surface area contributed by atoms with Crippen LogP contribution in [0.1, 0.15) is 63.6 Å². The van der Waals surface area contributed by atoms with Crippen molar-refractivity contribution in [3.8, 4) is 0 Å². The molecule has 1 aliphatic rings. The van der Waals surface area contributed by atoms with E-state index in [1.165, 1.54) is 18.9 Å². The van der Waals surface area contributed by atoms with Gasteiger partial charge in [-0.2, -0.15) is 0 Å². The maximum absolute atomic E-state index is 13.2. The van der Waals surface area contributed by atoms with Crippen molar-refractivity contribution in [1.82, 2.24) is 15.0 Å². The zero-order valence-electron chi connectivity index (χ0n) is 16.9. The molecule has 2 heterocycles. The van der Waals surface area contributed by atoms with Gasteiger partial charge in [-0.05, 0) is 45.2 Å². The lowest BCUT2D eigenvalue weighted by Gasteiger charge is -2.12. The minimum Gasteiger partial charge on any atom is -0.465 e. The number of aryl methyl sites for hydroxylation is 1. The number of Topliss-reactive ketones (excluding diaryl/α,β-unsaturated/α-hetero) is 1. The van der Waals surface area contributed by atoms with Crippen LogP contribution in [0.2, 0.25) is 0 Å². The van der Waals surface area contributed by atoms with Gasteiger partial charge in [0.2, 0.25) is 0 Å². The minimum atomic E-state index is -0.438. The van der Waals surface area contributed by atoms with Gasteiger partial charge in [0.05, 0.1) is 29.1 Å². The number of hydrogen-bond donors (Lipinski definition) is 1. The quantitative estimate of drug-likeness (QED) is 0.277. The van der Waals surface area contributed by atoms with Crippen LogP contribution in [0.25, 0.3) is 10.9 Å². The summed E-state index contributed by atoms with van der Waals surface area (Å²) < 4.78 is 4.84. The molecule has 1 saturated carbocycles. The lowest BCUT2D eigenvalue weighted by atomic mass is 10.1. The first-order chi connectivity index (χ1) is 13.9. The second-order valence-electron chi connectivity index (χ2n) is 7.42. The molecule has 0 saturated heterocycles. The number of methoxy groups -OCH3 is 1. The highest BCUT2D eigenvalue weighted by molar-refractivity contribution is 8.00. The number of H-pyrrole nitrogens is 1. The van der Waals surface area contributed by atoms with Gasteiger partial charge in [0.15, 0.2) is 5.78 Å². The average Bonchev–Trinajstić information content (AvgIpc) is 3.52. The molecule has 1 aromatic carbocycles. The number of esters is 1. The molecule has 150 valence electrons. The molecule has 1 atom stereocenters. The maximum atomic E-state index is 13.2. The molecule has 1 aliphatic carbocycles. The van der Waals surface area contributed by atoms with Crippen molar-refractivity contribution in [1.29, 1.82) is 0 Å². The van der Waals surface area contributed by atoms with Crippen LogP contribution in [0.15, 0.2) is 29.3 Å². The largest absolute Gasteiger partial charge is 0.465 e. The van der Waals surface area contributed by atoms with E-state index < -0.39 is 5.97 Å². The van der Waals surface area contributed by atoms with Crippen LogP contribution in [0.5, 0.6) is 0 Å². The monoisotopic (exact) mass is 409 g/mol. The number of fused-ring (bicyclic) bond motifs is 1. The van der Waals surface area contributed by atoms with Crippen LogP contribution >= 0.6 is 11.8 Å². The highest BCUT2D eigenvalue weighted by Crippen LogP contribution is 2.40. The first-order valence-electron chi connectivity index (χ1n) is 9.65. The molecule has 4 rings (SSSR count). The molecule has 2 aromatic heterocycles. The number of thioether (sulfide) groups is 1. The SMILES string of the molecule is COC(=O)c1c(C)[nH]c(C(=O)[C@H](C)Sc2nc(C3CC3)nc3ccccc23)c1C. The van der Waals surface area contributed by atoms with E-state index in [-0.39, 0.29) is 11.0 Å². The molecular formula is C22H23N3O3S. The third-order valence-electron chi connectivity index (χ3n) is 5.26. The van der Waals surface area contributed by atoms with E-state index in [0.29, 0.717) is 28.4 Å². The van der Waals surface area contributed by atoms with E-state index in [4.69, 9.17) is 14.7 Å². The lowest BCUT2D eigenvalue weighted by Crippen LogP contribution is -2.16. The molecule has 0 radical (unpaired) electrons. The summed E-state index contributed by atoms with van der Waals surface area (Å²) in [6, 6.07) is 7.90. The van der Waals surface area contributed by atoms with Crippen LogP contribution < -0.4 is 0 Å². The molecule has 1 fully saturated rings. The summed E-state index contributed by atoms with van der Waals surface area (Å²) in [4.78, 5) is 37.8. The van der Waals surface area contributed by atoms with Gasteiger partial charge >= 0.3 is 5.97 Å². The number of carbonyl (C=O) groups excluding carboxylic acids is 2. The molecule has 3 aromatic rings. The molecule has 6 nitrogen and oxygen atoms in total. The summed E-state index contributed by atoms with van der Waals surface area (Å²) >= 11 is 1.44. The Kier molecular flexibility index (Phi) is 5.17. The summed E-state index contributed by atoms with van der Waals surface area (Å²) in [6.45, 7) is 5.41. The molecule has 0 amide bonds. The van der Waals surface area contributed by atoms with E-state index in [2.05, 4.69) is 4.98 Å². The van der Waals surface area contributed by atoms with E-state index in [0.717, 1.165) is 34.6 Å². The third-order valence-corrected chi connectivity index (χ3v) is 6.36. The Balaban J connectivity index is 1.66. The van der Waals surface area contributed by atoms with Crippen LogP contribution in [-0.2, 0) is 4.74 Å². The van der Waals surface area contributed by atoms with Crippen molar-refractivity contribution < 1.29 is 14.3 Å². The van der Waals surface area contributed by atoms with Gasteiger partial charge in [-0.3, -0.25) is 4.79 Å². The van der Waals surface area contributed by atoms with Crippen molar-refractivity contribution in [3.63, 3.8) is 0 Å². The van der Waals surface area contributed by atoms with E-state index in [1.54, 1.807) is 13.8 Å². The second-order valence-corrected chi connectivity index (χ2v) is 8.75. The Morgan fingerprint density at radius 1 is 1.21 bits per heavy atom. The molecule has 1 N–H and O–H groups in total. The topological polar surface area (TPSA) is 84.9 Å². The average molecular weight is 410 g/mol. The second kappa shape index (κ2) is 7.63. The van der Waals surface area contributed by atoms with E-state index >= 15 is 0 Å². The number of ketones is 1. The molecule has 0 bridgehead atoms. The summed E-state index contributed by atoms with van der Waals surface area (Å²) in [5, 5.41) is 1.41.